The number of hydrogen-bond acceptors (Lipinski definition) is 2. The van der Waals surface area contributed by atoms with Crippen molar-refractivity contribution in [2.24, 2.45) is 5.92 Å². The Kier molecular flexibility index (Phi) is 3.38. The molecule has 2 fully saturated rings. The molecule has 1 saturated heterocycles. The fourth-order valence-electron chi connectivity index (χ4n) is 3.22. The van der Waals surface area contributed by atoms with Crippen LogP contribution in [0.4, 0.5) is 0 Å². The van der Waals surface area contributed by atoms with Crippen molar-refractivity contribution >= 4 is 11.9 Å². The minimum Gasteiger partial charge on any atom is -0.667 e. The van der Waals surface area contributed by atoms with Crippen molar-refractivity contribution in [3.63, 3.8) is 0 Å². The molecule has 4 atom stereocenters. The molecule has 0 bridgehead atoms. The van der Waals surface area contributed by atoms with Gasteiger partial charge in [0.15, 0.2) is 0 Å². The van der Waals surface area contributed by atoms with Crippen LogP contribution in [0.2, 0.25) is 0 Å². The van der Waals surface area contributed by atoms with E-state index in [1.54, 1.807) is 0 Å². The van der Waals surface area contributed by atoms with Gasteiger partial charge in [-0.05, 0) is 25.2 Å². The van der Waals surface area contributed by atoms with Gasteiger partial charge in [-0.3, -0.25) is 4.79 Å². The number of amides is 1. The SMILES string of the molecule is C[C@H]([NH-])C(=O)N1[C@@H](C(=O)O)C[C@H]2CCCC[C@H]21. The Balaban J connectivity index is 2.23. The summed E-state index contributed by atoms with van der Waals surface area (Å²) in [5.74, 6) is -0.923. The molecule has 1 saturated carbocycles. The van der Waals surface area contributed by atoms with Crippen LogP contribution in [0.3, 0.4) is 0 Å². The molecule has 1 aliphatic heterocycles. The molecule has 0 aromatic rings. The highest BCUT2D eigenvalue weighted by Gasteiger charge is 2.47. The molecule has 0 aromatic carbocycles. The van der Waals surface area contributed by atoms with Gasteiger partial charge in [-0.15, -0.1) is 0 Å². The summed E-state index contributed by atoms with van der Waals surface area (Å²) in [5.41, 5.74) is 7.50. The van der Waals surface area contributed by atoms with Crippen molar-refractivity contribution in [1.82, 2.24) is 4.90 Å². The zero-order valence-corrected chi connectivity index (χ0v) is 10.1. The summed E-state index contributed by atoms with van der Waals surface area (Å²) in [6.07, 6.45) is 4.67. The number of likely N-dealkylation sites (tertiary alicyclic amines) is 1. The minimum atomic E-state index is -0.923. The number of aliphatic carboxylic acids is 1. The van der Waals surface area contributed by atoms with E-state index in [1.165, 1.54) is 11.8 Å². The highest BCUT2D eigenvalue weighted by molar-refractivity contribution is 5.88. The van der Waals surface area contributed by atoms with Crippen molar-refractivity contribution in [3.05, 3.63) is 5.73 Å². The molecule has 96 valence electrons. The monoisotopic (exact) mass is 239 g/mol. The standard InChI is InChI=1S/C12H19N2O3/c1-7(13)11(15)14-9-5-3-2-4-8(9)6-10(14)12(16)17/h7-10,13H,2-6H2,1H3,(H,16,17)/q-1/t7-,8+,9+,10+/m0/s1. The van der Waals surface area contributed by atoms with Gasteiger partial charge < -0.3 is 15.7 Å². The van der Waals surface area contributed by atoms with Crippen molar-refractivity contribution in [2.45, 2.75) is 57.2 Å². The fraction of sp³-hybridized carbons (Fsp3) is 0.833. The third kappa shape index (κ3) is 2.16. The van der Waals surface area contributed by atoms with Crippen LogP contribution in [0.1, 0.15) is 39.0 Å². The first kappa shape index (κ1) is 12.4. The number of carbonyl (C=O) groups excluding carboxylic acids is 1. The second-order valence-corrected chi connectivity index (χ2v) is 5.17. The Morgan fingerprint density at radius 1 is 1.35 bits per heavy atom. The zero-order chi connectivity index (χ0) is 12.6. The first-order valence-corrected chi connectivity index (χ1v) is 6.28. The van der Waals surface area contributed by atoms with Crippen molar-refractivity contribution < 1.29 is 14.7 Å². The predicted molar refractivity (Wildman–Crippen MR) is 62.4 cm³/mol. The third-order valence-electron chi connectivity index (χ3n) is 4.00. The summed E-state index contributed by atoms with van der Waals surface area (Å²) in [7, 11) is 0. The average molecular weight is 239 g/mol. The Morgan fingerprint density at radius 3 is 2.59 bits per heavy atom. The van der Waals surface area contributed by atoms with Gasteiger partial charge in [0.2, 0.25) is 5.91 Å². The Hall–Kier alpha value is -1.10. The smallest absolute Gasteiger partial charge is 0.326 e. The first-order valence-electron chi connectivity index (χ1n) is 6.28. The molecule has 17 heavy (non-hydrogen) atoms. The van der Waals surface area contributed by atoms with E-state index in [-0.39, 0.29) is 11.9 Å². The number of carbonyl (C=O) groups is 2. The van der Waals surface area contributed by atoms with Crippen LogP contribution < -0.4 is 0 Å². The lowest BCUT2D eigenvalue weighted by molar-refractivity contribution is -0.149. The summed E-state index contributed by atoms with van der Waals surface area (Å²) in [4.78, 5) is 24.7. The molecular formula is C12H19N2O3-. The number of carboxylic acid groups (broad SMARTS) is 1. The molecule has 0 aromatic heterocycles. The van der Waals surface area contributed by atoms with Crippen LogP contribution >= 0.6 is 0 Å². The second-order valence-electron chi connectivity index (χ2n) is 5.17. The number of rotatable bonds is 2. The molecule has 5 heteroatoms. The van der Waals surface area contributed by atoms with Crippen LogP contribution in [-0.2, 0) is 9.59 Å². The maximum atomic E-state index is 12.0. The molecule has 0 unspecified atom stereocenters. The van der Waals surface area contributed by atoms with E-state index in [0.717, 1.165) is 25.7 Å². The molecule has 0 radical (unpaired) electrons. The maximum Gasteiger partial charge on any atom is 0.326 e. The lowest BCUT2D eigenvalue weighted by atomic mass is 9.84. The van der Waals surface area contributed by atoms with Gasteiger partial charge in [0, 0.05) is 6.04 Å². The zero-order valence-electron chi connectivity index (χ0n) is 10.1. The molecule has 0 spiro atoms. The number of nitrogens with zero attached hydrogens (tertiary/aromatic N) is 1. The van der Waals surface area contributed by atoms with Gasteiger partial charge in [-0.2, -0.15) is 0 Å². The Morgan fingerprint density at radius 2 is 2.00 bits per heavy atom. The van der Waals surface area contributed by atoms with Gasteiger partial charge >= 0.3 is 5.97 Å². The highest BCUT2D eigenvalue weighted by atomic mass is 16.4. The topological polar surface area (TPSA) is 81.4 Å². The molecule has 1 aliphatic carbocycles. The number of nitrogens with one attached hydrogen (secondary N) is 1. The molecule has 2 N–H and O–H groups in total. The molecule has 1 amide bonds. The van der Waals surface area contributed by atoms with E-state index in [2.05, 4.69) is 0 Å². The van der Waals surface area contributed by atoms with Crippen LogP contribution in [0.25, 0.3) is 5.73 Å². The number of fused-ring (bicyclic) bond motifs is 1. The Labute approximate surface area is 101 Å². The van der Waals surface area contributed by atoms with E-state index in [0.29, 0.717) is 12.3 Å². The summed E-state index contributed by atoms with van der Waals surface area (Å²) < 4.78 is 0. The average Bonchev–Trinajstić information content (AvgIpc) is 2.67. The van der Waals surface area contributed by atoms with Gasteiger partial charge in [0.05, 0.1) is 0 Å². The summed E-state index contributed by atoms with van der Waals surface area (Å²) in [6.45, 7) is 1.51. The van der Waals surface area contributed by atoms with Crippen LogP contribution in [-0.4, -0.2) is 40.0 Å². The highest BCUT2D eigenvalue weighted by Crippen LogP contribution is 2.40. The molecular weight excluding hydrogens is 220 g/mol. The van der Waals surface area contributed by atoms with Crippen molar-refractivity contribution in [2.75, 3.05) is 0 Å². The van der Waals surface area contributed by atoms with E-state index in [9.17, 15) is 14.7 Å². The summed E-state index contributed by atoms with van der Waals surface area (Å²) >= 11 is 0. The molecule has 2 aliphatic rings. The van der Waals surface area contributed by atoms with Gasteiger partial charge in [0.25, 0.3) is 0 Å². The van der Waals surface area contributed by atoms with Gasteiger partial charge in [-0.1, -0.05) is 25.8 Å². The van der Waals surface area contributed by atoms with E-state index >= 15 is 0 Å². The molecule has 5 nitrogen and oxygen atoms in total. The molecule has 2 rings (SSSR count). The number of carboxylic acids is 1. The Bertz CT molecular complexity index is 330. The van der Waals surface area contributed by atoms with Gasteiger partial charge in [0.1, 0.15) is 6.04 Å². The van der Waals surface area contributed by atoms with Crippen LogP contribution in [0.5, 0.6) is 0 Å². The van der Waals surface area contributed by atoms with E-state index in [4.69, 9.17) is 5.73 Å². The molecule has 1 heterocycles. The van der Waals surface area contributed by atoms with Gasteiger partial charge in [-0.25, -0.2) is 4.79 Å². The lowest BCUT2D eigenvalue weighted by Crippen LogP contribution is -2.48. The normalized spacial score (nSPS) is 34.2. The first-order chi connectivity index (χ1) is 8.02. The summed E-state index contributed by atoms with van der Waals surface area (Å²) in [5, 5.41) is 9.21. The quantitative estimate of drug-likeness (QED) is 0.795. The fourth-order valence-corrected chi connectivity index (χ4v) is 3.22. The van der Waals surface area contributed by atoms with Crippen molar-refractivity contribution in [3.8, 4) is 0 Å². The maximum absolute atomic E-state index is 12.0. The minimum absolute atomic E-state index is 0.0603. The summed E-state index contributed by atoms with van der Waals surface area (Å²) in [6, 6.07) is -1.51. The largest absolute Gasteiger partial charge is 0.667 e. The lowest BCUT2D eigenvalue weighted by Gasteiger charge is -2.35. The third-order valence-corrected chi connectivity index (χ3v) is 4.00. The van der Waals surface area contributed by atoms with Crippen LogP contribution in [0.15, 0.2) is 0 Å². The second kappa shape index (κ2) is 4.64. The number of hydrogen-bond donors (Lipinski definition) is 1. The van der Waals surface area contributed by atoms with E-state index < -0.39 is 18.1 Å². The van der Waals surface area contributed by atoms with E-state index in [1.807, 2.05) is 0 Å². The predicted octanol–water partition coefficient (Wildman–Crippen LogP) is 1.67. The van der Waals surface area contributed by atoms with Crippen LogP contribution in [0, 0.1) is 5.92 Å². The van der Waals surface area contributed by atoms with Crippen molar-refractivity contribution in [1.29, 1.82) is 0 Å².